The zero-order chi connectivity index (χ0) is 23.3. The number of aromatic nitrogens is 2. The Morgan fingerprint density at radius 2 is 1.84 bits per heavy atom. The van der Waals surface area contributed by atoms with Crippen molar-refractivity contribution in [1.82, 2.24) is 14.1 Å². The summed E-state index contributed by atoms with van der Waals surface area (Å²) < 4.78 is 39.0. The first kappa shape index (κ1) is 24.2. The Morgan fingerprint density at radius 3 is 2.47 bits per heavy atom. The average molecular weight is 465 g/mol. The summed E-state index contributed by atoms with van der Waals surface area (Å²) >= 11 is 0. The molecule has 2 heterocycles. The van der Waals surface area contributed by atoms with Crippen LogP contribution in [-0.2, 0) is 14.8 Å². The van der Waals surface area contributed by atoms with Crippen LogP contribution in [0.25, 0.3) is 5.69 Å². The number of nitrogens with zero attached hydrogens (tertiary/aromatic N) is 4. The Kier molecular flexibility index (Phi) is 7.91. The minimum Gasteiger partial charge on any atom is -0.484 e. The van der Waals surface area contributed by atoms with Gasteiger partial charge in [-0.05, 0) is 45.4 Å². The molecule has 0 aliphatic carbocycles. The van der Waals surface area contributed by atoms with E-state index in [0.29, 0.717) is 50.8 Å². The third-order valence-electron chi connectivity index (χ3n) is 5.37. The van der Waals surface area contributed by atoms with Gasteiger partial charge in [0.1, 0.15) is 12.3 Å². The van der Waals surface area contributed by atoms with E-state index < -0.39 is 15.3 Å². The Bertz CT molecular complexity index is 1080. The number of rotatable bonds is 9. The van der Waals surface area contributed by atoms with Gasteiger partial charge in [-0.25, -0.2) is 8.42 Å². The lowest BCUT2D eigenvalue weighted by Gasteiger charge is -2.36. The normalized spacial score (nSPS) is 15.3. The lowest BCUT2D eigenvalue weighted by Crippen LogP contribution is -2.50. The number of anilines is 1. The summed E-state index contributed by atoms with van der Waals surface area (Å²) in [6, 6.07) is 7.53. The van der Waals surface area contributed by atoms with Gasteiger partial charge in [0.05, 0.1) is 23.7 Å². The summed E-state index contributed by atoms with van der Waals surface area (Å²) in [5.41, 5.74) is 1.88. The Labute approximate surface area is 189 Å². The van der Waals surface area contributed by atoms with Gasteiger partial charge >= 0.3 is 5.56 Å². The number of hydrogen-bond donors (Lipinski definition) is 0. The maximum Gasteiger partial charge on any atom is 0.316 e. The number of aryl methyl sites for hydroxylation is 1. The highest BCUT2D eigenvalue weighted by atomic mass is 32.2. The van der Waals surface area contributed by atoms with Crippen molar-refractivity contribution in [2.24, 2.45) is 0 Å². The maximum atomic E-state index is 13.3. The van der Waals surface area contributed by atoms with Crippen molar-refractivity contribution < 1.29 is 17.9 Å². The summed E-state index contributed by atoms with van der Waals surface area (Å²) in [6.07, 6.45) is 1.62. The molecule has 0 saturated carbocycles. The third kappa shape index (κ3) is 5.31. The van der Waals surface area contributed by atoms with Crippen LogP contribution >= 0.6 is 0 Å². The van der Waals surface area contributed by atoms with E-state index in [4.69, 9.17) is 9.47 Å². The molecule has 0 radical (unpaired) electrons. The first-order valence-corrected chi connectivity index (χ1v) is 12.4. The summed E-state index contributed by atoms with van der Waals surface area (Å²) in [5.74, 6) is 0.196. The van der Waals surface area contributed by atoms with Crippen LogP contribution in [0.2, 0.25) is 0 Å². The van der Waals surface area contributed by atoms with Crippen molar-refractivity contribution >= 4 is 15.7 Å². The summed E-state index contributed by atoms with van der Waals surface area (Å²) in [6.45, 7) is 9.96. The fraction of sp³-hybridized carbons (Fsp3) is 0.545. The number of sulfonamides is 1. The van der Waals surface area contributed by atoms with Gasteiger partial charge in [0.15, 0.2) is 0 Å². The number of ether oxygens (including phenoxy) is 2. The Hall–Kier alpha value is -2.43. The van der Waals surface area contributed by atoms with E-state index in [0.717, 1.165) is 5.56 Å². The van der Waals surface area contributed by atoms with Gasteiger partial charge in [-0.15, -0.1) is 0 Å². The van der Waals surface area contributed by atoms with Crippen molar-refractivity contribution in [3.63, 3.8) is 0 Å². The van der Waals surface area contributed by atoms with E-state index in [1.54, 1.807) is 20.0 Å². The van der Waals surface area contributed by atoms with E-state index in [-0.39, 0.29) is 17.9 Å². The molecule has 176 valence electrons. The van der Waals surface area contributed by atoms with Crippen molar-refractivity contribution in [3.8, 4) is 11.4 Å². The zero-order valence-electron chi connectivity index (χ0n) is 19.2. The molecule has 9 nitrogen and oxygen atoms in total. The van der Waals surface area contributed by atoms with E-state index in [2.05, 4.69) is 5.10 Å². The second-order valence-corrected chi connectivity index (χ2v) is 10.4. The topological polar surface area (TPSA) is 94.0 Å². The monoisotopic (exact) mass is 464 g/mol. The summed E-state index contributed by atoms with van der Waals surface area (Å²) in [7, 11) is -3.31. The molecule has 0 amide bonds. The van der Waals surface area contributed by atoms with Crippen molar-refractivity contribution in [2.45, 2.75) is 32.9 Å². The molecule has 1 aromatic carbocycles. The molecule has 2 aromatic rings. The first-order chi connectivity index (χ1) is 15.3. The zero-order valence-corrected chi connectivity index (χ0v) is 20.0. The van der Waals surface area contributed by atoms with Crippen LogP contribution in [-0.4, -0.2) is 73.8 Å². The molecule has 0 N–H and O–H groups in total. The minimum atomic E-state index is -3.31. The Balaban J connectivity index is 1.90. The SMILES string of the molecule is CCOCCOc1c(N2CCN(S(=O)(=O)C(C)C)CC2)cnn(-c2cccc(C)c2)c1=O. The van der Waals surface area contributed by atoms with Crippen LogP contribution < -0.4 is 15.2 Å². The van der Waals surface area contributed by atoms with Gasteiger partial charge in [-0.2, -0.15) is 14.1 Å². The van der Waals surface area contributed by atoms with Crippen LogP contribution in [0.5, 0.6) is 5.75 Å². The highest BCUT2D eigenvalue weighted by Gasteiger charge is 2.31. The largest absolute Gasteiger partial charge is 0.484 e. The molecular weight excluding hydrogens is 432 g/mol. The molecule has 1 aliphatic heterocycles. The minimum absolute atomic E-state index is 0.196. The van der Waals surface area contributed by atoms with E-state index in [1.165, 1.54) is 8.99 Å². The molecule has 0 spiro atoms. The van der Waals surface area contributed by atoms with Crippen molar-refractivity contribution in [2.75, 3.05) is 50.9 Å². The third-order valence-corrected chi connectivity index (χ3v) is 7.65. The van der Waals surface area contributed by atoms with Crippen LogP contribution in [0.1, 0.15) is 26.3 Å². The van der Waals surface area contributed by atoms with E-state index >= 15 is 0 Å². The van der Waals surface area contributed by atoms with Crippen LogP contribution in [0.4, 0.5) is 5.69 Å². The predicted octanol–water partition coefficient (Wildman–Crippen LogP) is 1.82. The summed E-state index contributed by atoms with van der Waals surface area (Å²) in [5, 5.41) is 3.92. The Morgan fingerprint density at radius 1 is 1.12 bits per heavy atom. The van der Waals surface area contributed by atoms with Crippen LogP contribution in [0.15, 0.2) is 35.3 Å². The van der Waals surface area contributed by atoms with E-state index in [9.17, 15) is 13.2 Å². The molecular formula is C22H32N4O5S. The van der Waals surface area contributed by atoms with E-state index in [1.807, 2.05) is 43.0 Å². The molecule has 0 unspecified atom stereocenters. The maximum absolute atomic E-state index is 13.3. The number of benzene rings is 1. The van der Waals surface area contributed by atoms with Crippen LogP contribution in [0.3, 0.4) is 0 Å². The van der Waals surface area contributed by atoms with Gasteiger partial charge in [-0.3, -0.25) is 4.79 Å². The van der Waals surface area contributed by atoms with Gasteiger partial charge in [0.25, 0.3) is 0 Å². The molecule has 0 bridgehead atoms. The second-order valence-electron chi connectivity index (χ2n) is 7.94. The fourth-order valence-electron chi connectivity index (χ4n) is 3.56. The molecule has 1 aromatic heterocycles. The standard InChI is InChI=1S/C22H32N4O5S/c1-5-30-13-14-31-21-20(24-9-11-25(12-10-24)32(28,29)17(2)3)16-23-26(22(21)27)19-8-6-7-18(4)15-19/h6-8,15-17H,5,9-14H2,1-4H3. The molecule has 1 fully saturated rings. The lowest BCUT2D eigenvalue weighted by molar-refractivity contribution is 0.109. The highest BCUT2D eigenvalue weighted by Crippen LogP contribution is 2.26. The van der Waals surface area contributed by atoms with Gasteiger partial charge in [-0.1, -0.05) is 12.1 Å². The van der Waals surface area contributed by atoms with Crippen LogP contribution in [0, 0.1) is 6.92 Å². The fourth-order valence-corrected chi connectivity index (χ4v) is 4.83. The lowest BCUT2D eigenvalue weighted by atomic mass is 10.2. The quantitative estimate of drug-likeness (QED) is 0.523. The number of piperazine rings is 1. The van der Waals surface area contributed by atoms with Gasteiger partial charge < -0.3 is 14.4 Å². The van der Waals surface area contributed by atoms with Crippen molar-refractivity contribution in [1.29, 1.82) is 0 Å². The molecule has 32 heavy (non-hydrogen) atoms. The number of hydrogen-bond acceptors (Lipinski definition) is 7. The molecule has 3 rings (SSSR count). The summed E-state index contributed by atoms with van der Waals surface area (Å²) in [4.78, 5) is 15.3. The molecule has 10 heteroatoms. The molecule has 0 atom stereocenters. The second kappa shape index (κ2) is 10.5. The molecule has 1 aliphatic rings. The van der Waals surface area contributed by atoms with Gasteiger partial charge in [0, 0.05) is 32.8 Å². The average Bonchev–Trinajstić information content (AvgIpc) is 2.77. The molecule has 1 saturated heterocycles. The highest BCUT2D eigenvalue weighted by molar-refractivity contribution is 7.89. The van der Waals surface area contributed by atoms with Gasteiger partial charge in [0.2, 0.25) is 15.8 Å². The smallest absolute Gasteiger partial charge is 0.316 e. The predicted molar refractivity (Wildman–Crippen MR) is 124 cm³/mol. The van der Waals surface area contributed by atoms with Crippen molar-refractivity contribution in [3.05, 3.63) is 46.4 Å². The first-order valence-electron chi connectivity index (χ1n) is 10.9.